The summed E-state index contributed by atoms with van der Waals surface area (Å²) >= 11 is 12.1. The molecule has 0 saturated carbocycles. The average Bonchev–Trinajstić information content (AvgIpc) is 3.13. The van der Waals surface area contributed by atoms with Gasteiger partial charge < -0.3 is 4.90 Å². The van der Waals surface area contributed by atoms with E-state index in [4.69, 9.17) is 28.3 Å². The molecule has 150 valence electrons. The maximum atomic E-state index is 13.2. The number of piperidine rings is 1. The van der Waals surface area contributed by atoms with Crippen LogP contribution in [0.25, 0.3) is 11.1 Å². The van der Waals surface area contributed by atoms with E-state index in [2.05, 4.69) is 4.98 Å². The molecule has 0 aliphatic carbocycles. The summed E-state index contributed by atoms with van der Waals surface area (Å²) in [5, 5.41) is 5.70. The lowest BCUT2D eigenvalue weighted by atomic mass is 9.94. The molecule has 0 radical (unpaired) electrons. The standard InChI is InChI=1S/C22H22Cl2N4O/c1-27-14-17(16-7-9-25-10-8-16)22(26-27)20-4-2-3-11-28(20)21(29)13-15-5-6-18(23)19(24)12-15/h5-10,12,14,20H,2-4,11,13H2,1H3/t20-/m0/s1. The summed E-state index contributed by atoms with van der Waals surface area (Å²) in [4.78, 5) is 19.3. The normalized spacial score (nSPS) is 16.8. The highest BCUT2D eigenvalue weighted by atomic mass is 35.5. The minimum absolute atomic E-state index is 0.0385. The van der Waals surface area contributed by atoms with Crippen molar-refractivity contribution in [1.29, 1.82) is 0 Å². The number of carbonyl (C=O) groups excluding carboxylic acids is 1. The second kappa shape index (κ2) is 8.56. The van der Waals surface area contributed by atoms with Crippen LogP contribution < -0.4 is 0 Å². The first-order valence-electron chi connectivity index (χ1n) is 9.70. The Morgan fingerprint density at radius 3 is 2.69 bits per heavy atom. The van der Waals surface area contributed by atoms with Gasteiger partial charge >= 0.3 is 0 Å². The zero-order chi connectivity index (χ0) is 20.4. The fraction of sp³-hybridized carbons (Fsp3) is 0.318. The van der Waals surface area contributed by atoms with Gasteiger partial charge in [-0.3, -0.25) is 14.5 Å². The van der Waals surface area contributed by atoms with Crippen LogP contribution in [-0.4, -0.2) is 32.1 Å². The largest absolute Gasteiger partial charge is 0.334 e. The molecule has 1 aliphatic heterocycles. The number of hydrogen-bond acceptors (Lipinski definition) is 3. The summed E-state index contributed by atoms with van der Waals surface area (Å²) < 4.78 is 1.82. The molecule has 1 atom stereocenters. The number of nitrogens with zero attached hydrogens (tertiary/aromatic N) is 4. The number of rotatable bonds is 4. The van der Waals surface area contributed by atoms with Gasteiger partial charge in [0.25, 0.3) is 0 Å². The van der Waals surface area contributed by atoms with E-state index in [1.807, 2.05) is 41.0 Å². The van der Waals surface area contributed by atoms with Crippen LogP contribution in [0.3, 0.4) is 0 Å². The first-order chi connectivity index (χ1) is 14.0. The van der Waals surface area contributed by atoms with Gasteiger partial charge in [-0.25, -0.2) is 0 Å². The van der Waals surface area contributed by atoms with Gasteiger partial charge in [0, 0.05) is 37.7 Å². The van der Waals surface area contributed by atoms with Gasteiger partial charge in [0.2, 0.25) is 5.91 Å². The Morgan fingerprint density at radius 2 is 1.93 bits per heavy atom. The Hall–Kier alpha value is -2.37. The Morgan fingerprint density at radius 1 is 1.14 bits per heavy atom. The number of aromatic nitrogens is 3. The number of amides is 1. The summed E-state index contributed by atoms with van der Waals surface area (Å²) in [6, 6.07) is 9.28. The Balaban J connectivity index is 1.63. The molecule has 7 heteroatoms. The van der Waals surface area contributed by atoms with Crippen LogP contribution in [0.15, 0.2) is 48.9 Å². The maximum absolute atomic E-state index is 13.2. The van der Waals surface area contributed by atoms with E-state index < -0.39 is 0 Å². The van der Waals surface area contributed by atoms with Crippen LogP contribution in [-0.2, 0) is 18.3 Å². The molecule has 1 aromatic carbocycles. The van der Waals surface area contributed by atoms with Crippen molar-refractivity contribution in [2.45, 2.75) is 31.7 Å². The van der Waals surface area contributed by atoms with Crippen LogP contribution >= 0.6 is 23.2 Å². The first kappa shape index (κ1) is 19.9. The van der Waals surface area contributed by atoms with Crippen molar-refractivity contribution in [3.05, 3.63) is 70.2 Å². The Labute approximate surface area is 180 Å². The highest BCUT2D eigenvalue weighted by Gasteiger charge is 2.31. The third-order valence-corrected chi connectivity index (χ3v) is 6.07. The van der Waals surface area contributed by atoms with Crippen molar-refractivity contribution in [2.75, 3.05) is 6.54 Å². The van der Waals surface area contributed by atoms with Crippen molar-refractivity contribution in [2.24, 2.45) is 7.05 Å². The second-order valence-electron chi connectivity index (χ2n) is 7.36. The van der Waals surface area contributed by atoms with Crippen LogP contribution in [0.4, 0.5) is 0 Å². The van der Waals surface area contributed by atoms with Crippen LogP contribution in [0.5, 0.6) is 0 Å². The Kier molecular flexibility index (Phi) is 5.88. The van der Waals surface area contributed by atoms with E-state index in [0.29, 0.717) is 16.5 Å². The summed E-state index contributed by atoms with van der Waals surface area (Å²) in [6.45, 7) is 0.733. The lowest BCUT2D eigenvalue weighted by molar-refractivity contribution is -0.134. The molecule has 0 N–H and O–H groups in total. The highest BCUT2D eigenvalue weighted by Crippen LogP contribution is 2.36. The molecule has 1 saturated heterocycles. The number of benzene rings is 1. The van der Waals surface area contributed by atoms with E-state index >= 15 is 0 Å². The molecule has 5 nitrogen and oxygen atoms in total. The number of aryl methyl sites for hydroxylation is 1. The third kappa shape index (κ3) is 4.31. The molecule has 4 rings (SSSR count). The Bertz CT molecular complexity index is 1020. The molecule has 3 aromatic rings. The summed E-state index contributed by atoms with van der Waals surface area (Å²) in [5.41, 5.74) is 3.92. The average molecular weight is 429 g/mol. The smallest absolute Gasteiger partial charge is 0.227 e. The SMILES string of the molecule is Cn1cc(-c2ccncc2)c([C@@H]2CCCCN2C(=O)Cc2ccc(Cl)c(Cl)c2)n1. The van der Waals surface area contributed by atoms with Gasteiger partial charge in [-0.15, -0.1) is 0 Å². The summed E-state index contributed by atoms with van der Waals surface area (Å²) in [7, 11) is 1.92. The van der Waals surface area contributed by atoms with Gasteiger partial charge in [-0.05, 0) is 54.7 Å². The fourth-order valence-corrected chi connectivity index (χ4v) is 4.27. The minimum atomic E-state index is -0.0385. The van der Waals surface area contributed by atoms with Crippen molar-refractivity contribution in [3.63, 3.8) is 0 Å². The van der Waals surface area contributed by atoms with Crippen molar-refractivity contribution >= 4 is 29.1 Å². The van der Waals surface area contributed by atoms with Crippen molar-refractivity contribution in [3.8, 4) is 11.1 Å². The first-order valence-corrected chi connectivity index (χ1v) is 10.5. The van der Waals surface area contributed by atoms with Crippen LogP contribution in [0.2, 0.25) is 10.0 Å². The molecule has 1 aliphatic rings. The number of carbonyl (C=O) groups is 1. The van der Waals surface area contributed by atoms with E-state index in [-0.39, 0.29) is 11.9 Å². The van der Waals surface area contributed by atoms with Crippen LogP contribution in [0.1, 0.15) is 36.6 Å². The van der Waals surface area contributed by atoms with E-state index in [9.17, 15) is 4.79 Å². The second-order valence-corrected chi connectivity index (χ2v) is 8.18. The lowest BCUT2D eigenvalue weighted by Gasteiger charge is -2.35. The highest BCUT2D eigenvalue weighted by molar-refractivity contribution is 6.42. The molecule has 3 heterocycles. The fourth-order valence-electron chi connectivity index (χ4n) is 3.95. The number of hydrogen-bond donors (Lipinski definition) is 0. The molecule has 1 amide bonds. The molecule has 29 heavy (non-hydrogen) atoms. The number of halogens is 2. The van der Waals surface area contributed by atoms with E-state index in [1.54, 1.807) is 24.5 Å². The van der Waals surface area contributed by atoms with Gasteiger partial charge in [0.05, 0.1) is 28.2 Å². The molecule has 2 aromatic heterocycles. The third-order valence-electron chi connectivity index (χ3n) is 5.33. The molecule has 1 fully saturated rings. The quantitative estimate of drug-likeness (QED) is 0.581. The molecule has 0 unspecified atom stereocenters. The van der Waals surface area contributed by atoms with Gasteiger partial charge in [-0.2, -0.15) is 5.10 Å². The molecule has 0 bridgehead atoms. The lowest BCUT2D eigenvalue weighted by Crippen LogP contribution is -2.39. The van der Waals surface area contributed by atoms with Crippen LogP contribution in [0, 0.1) is 0 Å². The zero-order valence-electron chi connectivity index (χ0n) is 16.2. The predicted octanol–water partition coefficient (Wildman–Crippen LogP) is 5.09. The van der Waals surface area contributed by atoms with E-state index in [0.717, 1.165) is 48.2 Å². The zero-order valence-corrected chi connectivity index (χ0v) is 17.7. The summed E-state index contributed by atoms with van der Waals surface area (Å²) in [6.07, 6.45) is 8.85. The molecular formula is C22H22Cl2N4O. The maximum Gasteiger partial charge on any atom is 0.227 e. The van der Waals surface area contributed by atoms with Gasteiger partial charge in [0.15, 0.2) is 0 Å². The van der Waals surface area contributed by atoms with Gasteiger partial charge in [0.1, 0.15) is 0 Å². The van der Waals surface area contributed by atoms with Crippen molar-refractivity contribution in [1.82, 2.24) is 19.7 Å². The summed E-state index contributed by atoms with van der Waals surface area (Å²) in [5.74, 6) is 0.0828. The van der Waals surface area contributed by atoms with Gasteiger partial charge in [-0.1, -0.05) is 29.3 Å². The monoisotopic (exact) mass is 428 g/mol. The molecule has 0 spiro atoms. The predicted molar refractivity (Wildman–Crippen MR) is 115 cm³/mol. The number of pyridine rings is 1. The number of likely N-dealkylation sites (tertiary alicyclic amines) is 1. The van der Waals surface area contributed by atoms with Crippen molar-refractivity contribution < 1.29 is 4.79 Å². The van der Waals surface area contributed by atoms with E-state index in [1.165, 1.54) is 0 Å². The topological polar surface area (TPSA) is 51.0 Å². The minimum Gasteiger partial charge on any atom is -0.334 e. The molecular weight excluding hydrogens is 407 g/mol.